The second kappa shape index (κ2) is 13.8. The molecule has 254 valence electrons. The van der Waals surface area contributed by atoms with Crippen molar-refractivity contribution in [3.63, 3.8) is 0 Å². The smallest absolute Gasteiger partial charge is 0.249 e. The van der Waals surface area contributed by atoms with Crippen molar-refractivity contribution in [2.45, 2.75) is 102 Å². The SMILES string of the molecule is C=CCN(C(=O)[C@H]1[C@H]2C(=O)N([C@@H](CC)CO)C(C(=O)N(CC=C)C(C)(C)CC(C)(C)C)C23CC(Br)[C@@H]1O3)c1ccc(OCC)cc1. The van der Waals surface area contributed by atoms with E-state index in [1.807, 2.05) is 52.0 Å². The lowest BCUT2D eigenvalue weighted by Crippen LogP contribution is -2.62. The highest BCUT2D eigenvalue weighted by atomic mass is 79.9. The Morgan fingerprint density at radius 3 is 2.28 bits per heavy atom. The van der Waals surface area contributed by atoms with E-state index in [2.05, 4.69) is 49.9 Å². The van der Waals surface area contributed by atoms with Crippen molar-refractivity contribution in [2.24, 2.45) is 17.3 Å². The average Bonchev–Trinajstić information content (AvgIpc) is 3.57. The molecular weight excluding hydrogens is 650 g/mol. The van der Waals surface area contributed by atoms with E-state index in [-0.39, 0.29) is 47.7 Å². The molecule has 3 unspecified atom stereocenters. The van der Waals surface area contributed by atoms with Gasteiger partial charge in [-0.15, -0.1) is 13.2 Å². The van der Waals surface area contributed by atoms with E-state index in [1.54, 1.807) is 26.9 Å². The Labute approximate surface area is 283 Å². The highest BCUT2D eigenvalue weighted by Gasteiger charge is 2.77. The average molecular weight is 703 g/mol. The first kappa shape index (κ1) is 36.2. The highest BCUT2D eigenvalue weighted by molar-refractivity contribution is 9.09. The number of rotatable bonds is 14. The lowest BCUT2D eigenvalue weighted by molar-refractivity contribution is -0.155. The molecule has 0 radical (unpaired) electrons. The van der Waals surface area contributed by atoms with Gasteiger partial charge in [-0.3, -0.25) is 14.4 Å². The molecule has 1 N–H and O–H groups in total. The van der Waals surface area contributed by atoms with Gasteiger partial charge in [-0.2, -0.15) is 0 Å². The number of aliphatic hydroxyl groups is 1. The summed E-state index contributed by atoms with van der Waals surface area (Å²) in [6, 6.07) is 5.64. The van der Waals surface area contributed by atoms with Crippen molar-refractivity contribution in [3.8, 4) is 5.75 Å². The molecule has 7 atom stereocenters. The molecule has 0 aromatic heterocycles. The van der Waals surface area contributed by atoms with E-state index < -0.39 is 41.2 Å². The van der Waals surface area contributed by atoms with Crippen LogP contribution in [0.15, 0.2) is 49.6 Å². The van der Waals surface area contributed by atoms with Crippen molar-refractivity contribution in [1.29, 1.82) is 0 Å². The summed E-state index contributed by atoms with van der Waals surface area (Å²) >= 11 is 3.79. The number of anilines is 1. The maximum Gasteiger partial charge on any atom is 0.249 e. The summed E-state index contributed by atoms with van der Waals surface area (Å²) < 4.78 is 12.4. The molecule has 3 aliphatic rings. The summed E-state index contributed by atoms with van der Waals surface area (Å²) in [5.74, 6) is -1.88. The third kappa shape index (κ3) is 6.41. The van der Waals surface area contributed by atoms with E-state index in [4.69, 9.17) is 9.47 Å². The maximum absolute atomic E-state index is 15.0. The predicted molar refractivity (Wildman–Crippen MR) is 184 cm³/mol. The quantitative estimate of drug-likeness (QED) is 0.207. The van der Waals surface area contributed by atoms with E-state index in [0.717, 1.165) is 0 Å². The van der Waals surface area contributed by atoms with Crippen LogP contribution in [0.1, 0.15) is 67.7 Å². The molecule has 1 spiro atoms. The molecule has 3 fully saturated rings. The first-order valence-corrected chi connectivity index (χ1v) is 17.4. The van der Waals surface area contributed by atoms with Crippen LogP contribution in [-0.2, 0) is 19.1 Å². The molecule has 1 aromatic carbocycles. The molecule has 2 bridgehead atoms. The number of halogens is 1. The van der Waals surface area contributed by atoms with Crippen LogP contribution >= 0.6 is 15.9 Å². The third-order valence-electron chi connectivity index (χ3n) is 9.63. The molecule has 3 heterocycles. The van der Waals surface area contributed by atoms with Crippen LogP contribution in [0.4, 0.5) is 5.69 Å². The normalized spacial score (nSPS) is 27.7. The fourth-order valence-corrected chi connectivity index (χ4v) is 9.20. The Balaban J connectivity index is 1.82. The Bertz CT molecular complexity index is 1310. The fraction of sp³-hybridized carbons (Fsp3) is 0.639. The topological polar surface area (TPSA) is 99.6 Å². The number of benzene rings is 1. The molecule has 9 nitrogen and oxygen atoms in total. The molecule has 3 amide bonds. The van der Waals surface area contributed by atoms with Gasteiger partial charge in [0.1, 0.15) is 17.4 Å². The Morgan fingerprint density at radius 1 is 1.13 bits per heavy atom. The van der Waals surface area contributed by atoms with E-state index in [9.17, 15) is 19.5 Å². The van der Waals surface area contributed by atoms with Gasteiger partial charge in [-0.25, -0.2) is 0 Å². The number of aliphatic hydroxyl groups excluding tert-OH is 1. The van der Waals surface area contributed by atoms with Crippen LogP contribution < -0.4 is 9.64 Å². The number of ether oxygens (including phenoxy) is 2. The van der Waals surface area contributed by atoms with Gasteiger partial charge in [-0.05, 0) is 69.7 Å². The summed E-state index contributed by atoms with van der Waals surface area (Å²) in [5, 5.41) is 10.5. The molecule has 3 aliphatic heterocycles. The van der Waals surface area contributed by atoms with Gasteiger partial charge in [0.15, 0.2) is 0 Å². The largest absolute Gasteiger partial charge is 0.494 e. The van der Waals surface area contributed by atoms with E-state index in [1.165, 1.54) is 0 Å². The minimum absolute atomic E-state index is 0.0808. The molecule has 0 aliphatic carbocycles. The maximum atomic E-state index is 15.0. The summed E-state index contributed by atoms with van der Waals surface area (Å²) in [7, 11) is 0. The number of fused-ring (bicyclic) bond motifs is 1. The first-order chi connectivity index (χ1) is 21.6. The van der Waals surface area contributed by atoms with Gasteiger partial charge >= 0.3 is 0 Å². The lowest BCUT2D eigenvalue weighted by atomic mass is 9.70. The van der Waals surface area contributed by atoms with Gasteiger partial charge in [0.25, 0.3) is 0 Å². The molecule has 1 aromatic rings. The van der Waals surface area contributed by atoms with E-state index in [0.29, 0.717) is 37.3 Å². The second-order valence-electron chi connectivity index (χ2n) is 14.6. The van der Waals surface area contributed by atoms with Gasteiger partial charge in [-0.1, -0.05) is 55.8 Å². The lowest BCUT2D eigenvalue weighted by Gasteiger charge is -2.46. The number of hydrogen-bond acceptors (Lipinski definition) is 6. The molecular formula is C36H52BrN3O6. The monoisotopic (exact) mass is 701 g/mol. The van der Waals surface area contributed by atoms with Gasteiger partial charge < -0.3 is 29.3 Å². The van der Waals surface area contributed by atoms with Crippen LogP contribution in [0, 0.1) is 17.3 Å². The molecule has 3 saturated heterocycles. The van der Waals surface area contributed by atoms with Crippen LogP contribution in [0.5, 0.6) is 5.75 Å². The fourth-order valence-electron chi connectivity index (χ4n) is 8.26. The zero-order valence-electron chi connectivity index (χ0n) is 28.5. The van der Waals surface area contributed by atoms with Crippen LogP contribution in [0.25, 0.3) is 0 Å². The van der Waals surface area contributed by atoms with Gasteiger partial charge in [0, 0.05) is 29.1 Å². The highest BCUT2D eigenvalue weighted by Crippen LogP contribution is 2.61. The van der Waals surface area contributed by atoms with Gasteiger partial charge in [0.05, 0.1) is 37.2 Å². The predicted octanol–water partition coefficient (Wildman–Crippen LogP) is 5.35. The minimum Gasteiger partial charge on any atom is -0.494 e. The second-order valence-corrected chi connectivity index (χ2v) is 15.8. The number of carbonyl (C=O) groups is 3. The van der Waals surface area contributed by atoms with Crippen LogP contribution in [-0.4, -0.2) is 93.1 Å². The zero-order valence-corrected chi connectivity index (χ0v) is 30.1. The van der Waals surface area contributed by atoms with Crippen molar-refractivity contribution >= 4 is 39.3 Å². The Morgan fingerprint density at radius 2 is 1.76 bits per heavy atom. The molecule has 4 rings (SSSR count). The van der Waals surface area contributed by atoms with E-state index >= 15 is 0 Å². The van der Waals surface area contributed by atoms with Crippen molar-refractivity contribution in [1.82, 2.24) is 9.80 Å². The number of likely N-dealkylation sites (tertiary alicyclic amines) is 1. The van der Waals surface area contributed by atoms with Crippen molar-refractivity contribution < 1.29 is 29.0 Å². The Kier molecular flexibility index (Phi) is 10.9. The number of amides is 3. The summed E-state index contributed by atoms with van der Waals surface area (Å²) in [4.78, 5) is 49.0. The van der Waals surface area contributed by atoms with Crippen LogP contribution in [0.2, 0.25) is 0 Å². The first-order valence-electron chi connectivity index (χ1n) is 16.4. The number of carbonyl (C=O) groups excluding carboxylic acids is 3. The minimum atomic E-state index is -1.24. The molecule has 0 saturated carbocycles. The van der Waals surface area contributed by atoms with Gasteiger partial charge in [0.2, 0.25) is 17.7 Å². The molecule has 46 heavy (non-hydrogen) atoms. The molecule has 10 heteroatoms. The summed E-state index contributed by atoms with van der Waals surface area (Å²) in [5.41, 5.74) is -1.26. The number of nitrogens with zero attached hydrogens (tertiary/aromatic N) is 3. The third-order valence-corrected chi connectivity index (χ3v) is 10.5. The number of hydrogen-bond donors (Lipinski definition) is 1. The summed E-state index contributed by atoms with van der Waals surface area (Å²) in [6.07, 6.45) is 4.28. The summed E-state index contributed by atoms with van der Waals surface area (Å²) in [6.45, 7) is 22.8. The standard InChI is InChI=1S/C36H52BrN3O6/c1-10-18-38(24-14-16-25(17-15-24)45-13-4)31(42)27-28-32(43)40(23(12-3)21-41)30(36(28)20-26(37)29(27)46-36)33(44)39(19-11-2)35(8,9)22-34(5,6)7/h10-11,14-17,23,26-30,41H,1-2,12-13,18-22H2,3-9H3/t23-,26?,27-,28-,29-,30?,36?/m0/s1. The van der Waals surface area contributed by atoms with Crippen LogP contribution in [0.3, 0.4) is 0 Å². The Hall–Kier alpha value is -2.69. The number of alkyl halides is 1. The zero-order chi connectivity index (χ0) is 34.2. The van der Waals surface area contributed by atoms with Crippen molar-refractivity contribution in [3.05, 3.63) is 49.6 Å². The van der Waals surface area contributed by atoms with Crippen molar-refractivity contribution in [2.75, 3.05) is 31.2 Å².